The van der Waals surface area contributed by atoms with Crippen LogP contribution in [0.1, 0.15) is 19.3 Å². The molecule has 2 heteroatoms. The van der Waals surface area contributed by atoms with Crippen LogP contribution < -0.4 is 10.5 Å². The monoisotopic (exact) mass is 191 g/mol. The lowest BCUT2D eigenvalue weighted by Gasteiger charge is -2.10. The molecule has 1 aromatic rings. The molecular formula is C12H17NO. The van der Waals surface area contributed by atoms with Crippen LogP contribution in [0.4, 0.5) is 0 Å². The summed E-state index contributed by atoms with van der Waals surface area (Å²) in [6.45, 7) is 0.738. The summed E-state index contributed by atoms with van der Waals surface area (Å²) in [5.41, 5.74) is 5.96. The van der Waals surface area contributed by atoms with Crippen LogP contribution in [0.2, 0.25) is 0 Å². The molecule has 0 heterocycles. The molecule has 1 aliphatic rings. The van der Waals surface area contributed by atoms with Gasteiger partial charge in [0.2, 0.25) is 0 Å². The number of para-hydroxylation sites is 1. The van der Waals surface area contributed by atoms with Gasteiger partial charge in [-0.3, -0.25) is 0 Å². The second-order valence-corrected chi connectivity index (χ2v) is 3.95. The van der Waals surface area contributed by atoms with E-state index in [0.29, 0.717) is 6.04 Å². The highest BCUT2D eigenvalue weighted by Gasteiger charge is 2.27. The van der Waals surface area contributed by atoms with Gasteiger partial charge in [0.05, 0.1) is 6.61 Å². The molecule has 76 valence electrons. The summed E-state index contributed by atoms with van der Waals surface area (Å²) in [4.78, 5) is 0. The van der Waals surface area contributed by atoms with Crippen LogP contribution in [0.25, 0.3) is 0 Å². The first kappa shape index (κ1) is 9.53. The van der Waals surface area contributed by atoms with Gasteiger partial charge < -0.3 is 10.5 Å². The summed E-state index contributed by atoms with van der Waals surface area (Å²) in [5, 5.41) is 0. The Kier molecular flexibility index (Phi) is 3.04. The van der Waals surface area contributed by atoms with Crippen molar-refractivity contribution in [3.8, 4) is 5.75 Å². The molecule has 0 saturated heterocycles. The molecule has 1 atom stereocenters. The largest absolute Gasteiger partial charge is 0.494 e. The normalized spacial score (nSPS) is 17.8. The highest BCUT2D eigenvalue weighted by atomic mass is 16.5. The van der Waals surface area contributed by atoms with Crippen molar-refractivity contribution in [2.75, 3.05) is 6.61 Å². The lowest BCUT2D eigenvalue weighted by molar-refractivity contribution is 0.291. The van der Waals surface area contributed by atoms with E-state index in [1.807, 2.05) is 30.3 Å². The van der Waals surface area contributed by atoms with Crippen molar-refractivity contribution in [3.63, 3.8) is 0 Å². The van der Waals surface area contributed by atoms with E-state index in [0.717, 1.165) is 24.7 Å². The van der Waals surface area contributed by atoms with Crippen LogP contribution in [0.3, 0.4) is 0 Å². The number of nitrogens with two attached hydrogens (primary N) is 1. The van der Waals surface area contributed by atoms with Crippen LogP contribution in [-0.2, 0) is 0 Å². The molecule has 1 saturated carbocycles. The SMILES string of the molecule is NC(CCOc1ccccc1)C1CC1. The third-order valence-electron chi connectivity index (χ3n) is 2.69. The molecule has 1 fully saturated rings. The van der Waals surface area contributed by atoms with Crippen molar-refractivity contribution in [1.29, 1.82) is 0 Å². The topological polar surface area (TPSA) is 35.2 Å². The molecule has 1 aliphatic carbocycles. The van der Waals surface area contributed by atoms with Crippen molar-refractivity contribution >= 4 is 0 Å². The molecule has 14 heavy (non-hydrogen) atoms. The molecule has 0 bridgehead atoms. The smallest absolute Gasteiger partial charge is 0.119 e. The quantitative estimate of drug-likeness (QED) is 0.774. The fraction of sp³-hybridized carbons (Fsp3) is 0.500. The molecule has 0 aliphatic heterocycles. The summed E-state index contributed by atoms with van der Waals surface area (Å²) in [7, 11) is 0. The Bertz CT molecular complexity index is 269. The molecule has 1 aromatic carbocycles. The van der Waals surface area contributed by atoms with Crippen molar-refractivity contribution in [1.82, 2.24) is 0 Å². The van der Waals surface area contributed by atoms with Crippen LogP contribution >= 0.6 is 0 Å². The summed E-state index contributed by atoms with van der Waals surface area (Å²) < 4.78 is 5.57. The average molecular weight is 191 g/mol. The lowest BCUT2D eigenvalue weighted by Crippen LogP contribution is -2.24. The van der Waals surface area contributed by atoms with Gasteiger partial charge in [-0.1, -0.05) is 18.2 Å². The zero-order valence-corrected chi connectivity index (χ0v) is 8.36. The van der Waals surface area contributed by atoms with E-state index >= 15 is 0 Å². The minimum Gasteiger partial charge on any atom is -0.494 e. The van der Waals surface area contributed by atoms with Gasteiger partial charge in [-0.2, -0.15) is 0 Å². The van der Waals surface area contributed by atoms with Crippen molar-refractivity contribution in [2.45, 2.75) is 25.3 Å². The first-order chi connectivity index (χ1) is 6.86. The Morgan fingerprint density at radius 1 is 1.29 bits per heavy atom. The molecule has 0 aromatic heterocycles. The first-order valence-corrected chi connectivity index (χ1v) is 5.29. The Morgan fingerprint density at radius 2 is 2.00 bits per heavy atom. The van der Waals surface area contributed by atoms with Crippen LogP contribution in [0.5, 0.6) is 5.75 Å². The van der Waals surface area contributed by atoms with Crippen molar-refractivity contribution < 1.29 is 4.74 Å². The predicted molar refractivity (Wildman–Crippen MR) is 57.3 cm³/mol. The van der Waals surface area contributed by atoms with Crippen LogP contribution in [-0.4, -0.2) is 12.6 Å². The molecule has 1 unspecified atom stereocenters. The third-order valence-corrected chi connectivity index (χ3v) is 2.69. The molecule has 2 rings (SSSR count). The lowest BCUT2D eigenvalue weighted by atomic mass is 10.1. The Hall–Kier alpha value is -1.02. The van der Waals surface area contributed by atoms with Crippen molar-refractivity contribution in [2.24, 2.45) is 11.7 Å². The third kappa shape index (κ3) is 2.74. The van der Waals surface area contributed by atoms with Gasteiger partial charge >= 0.3 is 0 Å². The number of rotatable bonds is 5. The average Bonchev–Trinajstić information content (AvgIpc) is 3.02. The number of benzene rings is 1. The molecule has 0 spiro atoms. The predicted octanol–water partition coefficient (Wildman–Crippen LogP) is 2.19. The molecular weight excluding hydrogens is 174 g/mol. The summed E-state index contributed by atoms with van der Waals surface area (Å²) >= 11 is 0. The van der Waals surface area contributed by atoms with E-state index in [-0.39, 0.29) is 0 Å². The van der Waals surface area contributed by atoms with Crippen LogP contribution in [0.15, 0.2) is 30.3 Å². The molecule has 0 radical (unpaired) electrons. The standard InChI is InChI=1S/C12H17NO/c13-12(10-6-7-10)8-9-14-11-4-2-1-3-5-11/h1-5,10,12H,6-9,13H2. The molecule has 0 amide bonds. The van der Waals surface area contributed by atoms with E-state index in [4.69, 9.17) is 10.5 Å². The maximum atomic E-state index is 5.96. The van der Waals surface area contributed by atoms with E-state index in [9.17, 15) is 0 Å². The van der Waals surface area contributed by atoms with E-state index in [1.54, 1.807) is 0 Å². The zero-order chi connectivity index (χ0) is 9.80. The van der Waals surface area contributed by atoms with Gasteiger partial charge in [0, 0.05) is 6.04 Å². The van der Waals surface area contributed by atoms with E-state index < -0.39 is 0 Å². The Balaban J connectivity index is 1.67. The van der Waals surface area contributed by atoms with Crippen LogP contribution in [0, 0.1) is 5.92 Å². The molecule has 2 N–H and O–H groups in total. The first-order valence-electron chi connectivity index (χ1n) is 5.29. The fourth-order valence-electron chi connectivity index (χ4n) is 1.59. The number of hydrogen-bond donors (Lipinski definition) is 1. The highest BCUT2D eigenvalue weighted by molar-refractivity contribution is 5.20. The number of hydrogen-bond acceptors (Lipinski definition) is 2. The van der Waals surface area contributed by atoms with Gasteiger partial charge in [-0.15, -0.1) is 0 Å². The van der Waals surface area contributed by atoms with Gasteiger partial charge in [0.25, 0.3) is 0 Å². The maximum Gasteiger partial charge on any atom is 0.119 e. The summed E-state index contributed by atoms with van der Waals surface area (Å²) in [6.07, 6.45) is 3.60. The van der Waals surface area contributed by atoms with Gasteiger partial charge in [0.15, 0.2) is 0 Å². The zero-order valence-electron chi connectivity index (χ0n) is 8.36. The molecule has 2 nitrogen and oxygen atoms in total. The summed E-state index contributed by atoms with van der Waals surface area (Å²) in [6, 6.07) is 10.2. The Labute approximate surface area is 85.1 Å². The maximum absolute atomic E-state index is 5.96. The minimum absolute atomic E-state index is 0.346. The fourth-order valence-corrected chi connectivity index (χ4v) is 1.59. The minimum atomic E-state index is 0.346. The van der Waals surface area contributed by atoms with E-state index in [2.05, 4.69) is 0 Å². The summed E-state index contributed by atoms with van der Waals surface area (Å²) in [5.74, 6) is 1.71. The van der Waals surface area contributed by atoms with Gasteiger partial charge in [-0.05, 0) is 37.3 Å². The second kappa shape index (κ2) is 4.47. The second-order valence-electron chi connectivity index (χ2n) is 3.95. The highest BCUT2D eigenvalue weighted by Crippen LogP contribution is 2.32. The van der Waals surface area contributed by atoms with E-state index in [1.165, 1.54) is 12.8 Å². The number of ether oxygens (including phenoxy) is 1. The van der Waals surface area contributed by atoms with Crippen molar-refractivity contribution in [3.05, 3.63) is 30.3 Å². The van der Waals surface area contributed by atoms with Gasteiger partial charge in [0.1, 0.15) is 5.75 Å². The Morgan fingerprint density at radius 3 is 2.64 bits per heavy atom. The van der Waals surface area contributed by atoms with Gasteiger partial charge in [-0.25, -0.2) is 0 Å².